The molecule has 0 amide bonds. The van der Waals surface area contributed by atoms with Gasteiger partial charge in [0.15, 0.2) is 0 Å². The molecule has 1 aromatic rings. The van der Waals surface area contributed by atoms with Crippen molar-refractivity contribution >= 4 is 21.6 Å². The van der Waals surface area contributed by atoms with Crippen molar-refractivity contribution in [3.8, 4) is 6.07 Å². The molecule has 0 spiro atoms. The number of anilines is 1. The molecule has 0 saturated heterocycles. The summed E-state index contributed by atoms with van der Waals surface area (Å²) in [6.45, 7) is 1.96. The normalized spacial score (nSPS) is 11.9. The molecule has 80 valence electrons. The predicted octanol–water partition coefficient (Wildman–Crippen LogP) is 3.69. The highest BCUT2D eigenvalue weighted by atomic mass is 79.9. The lowest BCUT2D eigenvalue weighted by atomic mass is 10.1. The lowest BCUT2D eigenvalue weighted by Gasteiger charge is -2.15. The van der Waals surface area contributed by atoms with Gasteiger partial charge in [0.2, 0.25) is 0 Å². The number of rotatable bonds is 4. The van der Waals surface area contributed by atoms with E-state index in [1.807, 2.05) is 6.92 Å². The molecule has 4 heteroatoms. The summed E-state index contributed by atoms with van der Waals surface area (Å²) in [5.74, 6) is -0.297. The molecule has 2 nitrogen and oxygen atoms in total. The zero-order valence-electron chi connectivity index (χ0n) is 8.43. The molecular weight excluding hydrogens is 259 g/mol. The lowest BCUT2D eigenvalue weighted by molar-refractivity contribution is 0.621. The quantitative estimate of drug-likeness (QED) is 0.906. The number of nitrogens with zero attached hydrogens (tertiary/aromatic N) is 1. The van der Waals surface area contributed by atoms with Gasteiger partial charge in [-0.3, -0.25) is 0 Å². The SMILES string of the molecule is CCC(CC#N)Nc1cc(Br)ccc1F. The van der Waals surface area contributed by atoms with E-state index < -0.39 is 0 Å². The topological polar surface area (TPSA) is 35.8 Å². The van der Waals surface area contributed by atoms with Gasteiger partial charge < -0.3 is 5.32 Å². The van der Waals surface area contributed by atoms with Crippen LogP contribution in [-0.4, -0.2) is 6.04 Å². The summed E-state index contributed by atoms with van der Waals surface area (Å²) in [5, 5.41) is 11.6. The summed E-state index contributed by atoms with van der Waals surface area (Å²) in [6, 6.07) is 6.79. The first-order valence-corrected chi connectivity index (χ1v) is 5.55. The third-order valence-electron chi connectivity index (χ3n) is 2.12. The standard InChI is InChI=1S/C11H12BrFN2/c1-2-9(5-6-14)15-11-7-8(12)3-4-10(11)13/h3-4,7,9,15H,2,5H2,1H3. The minimum atomic E-state index is -0.297. The molecule has 1 atom stereocenters. The van der Waals surface area contributed by atoms with Gasteiger partial charge in [0, 0.05) is 10.5 Å². The lowest BCUT2D eigenvalue weighted by Crippen LogP contribution is -2.18. The average Bonchev–Trinajstić information content (AvgIpc) is 2.22. The Bertz CT molecular complexity index is 373. The van der Waals surface area contributed by atoms with E-state index in [1.165, 1.54) is 6.07 Å². The molecule has 0 radical (unpaired) electrons. The van der Waals surface area contributed by atoms with Crippen LogP contribution in [0.4, 0.5) is 10.1 Å². The third-order valence-corrected chi connectivity index (χ3v) is 2.61. The van der Waals surface area contributed by atoms with Gasteiger partial charge >= 0.3 is 0 Å². The Hall–Kier alpha value is -1.08. The van der Waals surface area contributed by atoms with Crippen LogP contribution in [0.2, 0.25) is 0 Å². The number of hydrogen-bond acceptors (Lipinski definition) is 2. The number of benzene rings is 1. The number of hydrogen-bond donors (Lipinski definition) is 1. The van der Waals surface area contributed by atoms with E-state index in [2.05, 4.69) is 27.3 Å². The van der Waals surface area contributed by atoms with Gasteiger partial charge in [-0.2, -0.15) is 5.26 Å². The second-order valence-corrected chi connectivity index (χ2v) is 4.15. The summed E-state index contributed by atoms with van der Waals surface area (Å²) in [4.78, 5) is 0. The van der Waals surface area contributed by atoms with Gasteiger partial charge in [-0.1, -0.05) is 22.9 Å². The highest BCUT2D eigenvalue weighted by Crippen LogP contribution is 2.21. The van der Waals surface area contributed by atoms with Gasteiger partial charge in [0.1, 0.15) is 5.82 Å². The number of halogens is 2. The highest BCUT2D eigenvalue weighted by molar-refractivity contribution is 9.10. The maximum atomic E-state index is 13.3. The van der Waals surface area contributed by atoms with Crippen LogP contribution in [0.5, 0.6) is 0 Å². The molecule has 1 rings (SSSR count). The Morgan fingerprint density at radius 2 is 2.33 bits per heavy atom. The van der Waals surface area contributed by atoms with E-state index in [4.69, 9.17) is 5.26 Å². The second-order valence-electron chi connectivity index (χ2n) is 3.24. The predicted molar refractivity (Wildman–Crippen MR) is 62.0 cm³/mol. The van der Waals surface area contributed by atoms with Crippen LogP contribution >= 0.6 is 15.9 Å². The van der Waals surface area contributed by atoms with E-state index >= 15 is 0 Å². The second kappa shape index (κ2) is 5.72. The minimum Gasteiger partial charge on any atom is -0.379 e. The van der Waals surface area contributed by atoms with Crippen molar-refractivity contribution in [2.75, 3.05) is 5.32 Å². The van der Waals surface area contributed by atoms with Crippen molar-refractivity contribution in [1.82, 2.24) is 0 Å². The van der Waals surface area contributed by atoms with Crippen molar-refractivity contribution in [2.24, 2.45) is 0 Å². The van der Waals surface area contributed by atoms with Crippen molar-refractivity contribution in [2.45, 2.75) is 25.8 Å². The van der Waals surface area contributed by atoms with E-state index in [0.29, 0.717) is 12.1 Å². The van der Waals surface area contributed by atoms with Crippen LogP contribution in [0.15, 0.2) is 22.7 Å². The fourth-order valence-electron chi connectivity index (χ4n) is 1.24. The zero-order valence-corrected chi connectivity index (χ0v) is 10.0. The van der Waals surface area contributed by atoms with Crippen molar-refractivity contribution in [3.63, 3.8) is 0 Å². The fraction of sp³-hybridized carbons (Fsp3) is 0.364. The Kier molecular flexibility index (Phi) is 4.57. The molecule has 1 unspecified atom stereocenters. The molecular formula is C11H12BrFN2. The van der Waals surface area contributed by atoms with E-state index in [9.17, 15) is 4.39 Å². The smallest absolute Gasteiger partial charge is 0.146 e. The number of nitrogens with one attached hydrogen (secondary N) is 1. The van der Waals surface area contributed by atoms with E-state index in [0.717, 1.165) is 10.9 Å². The largest absolute Gasteiger partial charge is 0.379 e. The summed E-state index contributed by atoms with van der Waals surface area (Å²) < 4.78 is 14.2. The maximum Gasteiger partial charge on any atom is 0.146 e. The van der Waals surface area contributed by atoms with Crippen molar-refractivity contribution < 1.29 is 4.39 Å². The molecule has 15 heavy (non-hydrogen) atoms. The van der Waals surface area contributed by atoms with Crippen molar-refractivity contribution in [1.29, 1.82) is 5.26 Å². The minimum absolute atomic E-state index is 0.00111. The fourth-order valence-corrected chi connectivity index (χ4v) is 1.60. The van der Waals surface area contributed by atoms with Crippen LogP contribution in [0.25, 0.3) is 0 Å². The van der Waals surface area contributed by atoms with Gasteiger partial charge in [0.25, 0.3) is 0 Å². The molecule has 1 N–H and O–H groups in total. The summed E-state index contributed by atoms with van der Waals surface area (Å²) >= 11 is 3.28. The van der Waals surface area contributed by atoms with E-state index in [1.54, 1.807) is 12.1 Å². The maximum absolute atomic E-state index is 13.3. The molecule has 0 saturated carbocycles. The monoisotopic (exact) mass is 270 g/mol. The van der Waals surface area contributed by atoms with Crippen molar-refractivity contribution in [3.05, 3.63) is 28.5 Å². The summed E-state index contributed by atoms with van der Waals surface area (Å²) in [7, 11) is 0. The third kappa shape index (κ3) is 3.52. The molecule has 0 aliphatic carbocycles. The summed E-state index contributed by atoms with van der Waals surface area (Å²) in [5.41, 5.74) is 0.437. The highest BCUT2D eigenvalue weighted by Gasteiger charge is 2.08. The van der Waals surface area contributed by atoms with Gasteiger partial charge in [-0.05, 0) is 24.6 Å². The molecule has 0 aromatic heterocycles. The Labute approximate surface area is 97.2 Å². The van der Waals surface area contributed by atoms with Crippen LogP contribution in [0.1, 0.15) is 19.8 Å². The zero-order chi connectivity index (χ0) is 11.3. The molecule has 0 heterocycles. The van der Waals surface area contributed by atoms with E-state index in [-0.39, 0.29) is 11.9 Å². The Balaban J connectivity index is 2.78. The summed E-state index contributed by atoms with van der Waals surface area (Å²) in [6.07, 6.45) is 1.17. The molecule has 1 aromatic carbocycles. The van der Waals surface area contributed by atoms with Gasteiger partial charge in [-0.15, -0.1) is 0 Å². The first-order chi connectivity index (χ1) is 7.17. The Morgan fingerprint density at radius 3 is 2.93 bits per heavy atom. The molecule has 0 aliphatic heterocycles. The van der Waals surface area contributed by atoms with Gasteiger partial charge in [0.05, 0.1) is 18.2 Å². The van der Waals surface area contributed by atoms with Crippen LogP contribution in [0.3, 0.4) is 0 Å². The van der Waals surface area contributed by atoms with Crippen LogP contribution < -0.4 is 5.32 Å². The first kappa shape index (κ1) is 12.0. The Morgan fingerprint density at radius 1 is 1.60 bits per heavy atom. The molecule has 0 aliphatic rings. The van der Waals surface area contributed by atoms with Crippen LogP contribution in [0, 0.1) is 17.1 Å². The van der Waals surface area contributed by atoms with Crippen LogP contribution in [-0.2, 0) is 0 Å². The molecule has 0 fully saturated rings. The number of nitriles is 1. The average molecular weight is 271 g/mol. The first-order valence-electron chi connectivity index (χ1n) is 4.76. The molecule has 0 bridgehead atoms. The van der Waals surface area contributed by atoms with Gasteiger partial charge in [-0.25, -0.2) is 4.39 Å².